The Morgan fingerprint density at radius 1 is 0.936 bits per heavy atom. The predicted octanol–water partition coefficient (Wildman–Crippen LogP) is 6.23. The Labute approximate surface area is 284 Å². The zero-order valence-electron chi connectivity index (χ0n) is 27.0. The SMILES string of the molecule is COC(=O)[C@@H]1CCCCN1Cc1ccc(-c2cccc(-c3cccc(NC(=O)c4nc5c(n4C)CCN(C)C5)c3Cl)c2Cl)nc1OC. The van der Waals surface area contributed by atoms with Crippen LogP contribution in [0.25, 0.3) is 22.4 Å². The number of nitrogens with zero attached hydrogens (tertiary/aromatic N) is 5. The lowest BCUT2D eigenvalue weighted by molar-refractivity contribution is -0.148. The molecular weight excluding hydrogens is 639 g/mol. The summed E-state index contributed by atoms with van der Waals surface area (Å²) in [5, 5.41) is 3.78. The fourth-order valence-electron chi connectivity index (χ4n) is 6.53. The van der Waals surface area contributed by atoms with Gasteiger partial charge in [0.1, 0.15) is 6.04 Å². The van der Waals surface area contributed by atoms with Crippen molar-refractivity contribution in [3.8, 4) is 28.3 Å². The van der Waals surface area contributed by atoms with E-state index in [0.717, 1.165) is 55.7 Å². The number of rotatable bonds is 8. The molecule has 1 N–H and O–H groups in total. The maximum absolute atomic E-state index is 13.4. The molecule has 1 saturated heterocycles. The number of hydrogen-bond acceptors (Lipinski definition) is 8. The Balaban J connectivity index is 1.26. The quantitative estimate of drug-likeness (QED) is 0.219. The van der Waals surface area contributed by atoms with Crippen LogP contribution in [-0.2, 0) is 36.1 Å². The topological polar surface area (TPSA) is 102 Å². The molecule has 4 heterocycles. The van der Waals surface area contributed by atoms with E-state index in [9.17, 15) is 9.59 Å². The lowest BCUT2D eigenvalue weighted by atomic mass is 9.99. The Hall–Kier alpha value is -3.96. The number of likely N-dealkylation sites (tertiary alicyclic amines) is 1. The molecule has 0 spiro atoms. The van der Waals surface area contributed by atoms with Crippen LogP contribution < -0.4 is 10.1 Å². The third-order valence-electron chi connectivity index (χ3n) is 9.05. The van der Waals surface area contributed by atoms with Crippen molar-refractivity contribution in [2.45, 2.75) is 44.8 Å². The number of ether oxygens (including phenoxy) is 2. The van der Waals surface area contributed by atoms with Crippen LogP contribution in [0.4, 0.5) is 5.69 Å². The van der Waals surface area contributed by atoms with Crippen molar-refractivity contribution in [1.29, 1.82) is 0 Å². The Kier molecular flexibility index (Phi) is 9.84. The second kappa shape index (κ2) is 14.0. The lowest BCUT2D eigenvalue weighted by Gasteiger charge is -2.33. The number of anilines is 1. The molecule has 0 unspecified atom stereocenters. The largest absolute Gasteiger partial charge is 0.481 e. The molecule has 1 atom stereocenters. The fraction of sp³-hybridized carbons (Fsp3) is 0.371. The van der Waals surface area contributed by atoms with Crippen LogP contribution in [-0.4, -0.2) is 76.6 Å². The number of benzene rings is 2. The summed E-state index contributed by atoms with van der Waals surface area (Å²) < 4.78 is 12.6. The van der Waals surface area contributed by atoms with Crippen LogP contribution in [0.15, 0.2) is 48.5 Å². The number of carbonyl (C=O) groups excluding carboxylic acids is 2. The average Bonchev–Trinajstić information content (AvgIpc) is 3.41. The third-order valence-corrected chi connectivity index (χ3v) is 9.87. The average molecular weight is 678 g/mol. The van der Waals surface area contributed by atoms with Crippen LogP contribution >= 0.6 is 23.2 Å². The number of piperidine rings is 1. The molecule has 1 fully saturated rings. The molecule has 2 aliphatic heterocycles. The lowest BCUT2D eigenvalue weighted by Crippen LogP contribution is -2.44. The second-order valence-electron chi connectivity index (χ2n) is 12.0. The van der Waals surface area contributed by atoms with Crippen LogP contribution in [0, 0.1) is 0 Å². The number of pyridine rings is 1. The monoisotopic (exact) mass is 676 g/mol. The van der Waals surface area contributed by atoms with Gasteiger partial charge >= 0.3 is 5.97 Å². The zero-order valence-corrected chi connectivity index (χ0v) is 28.5. The van der Waals surface area contributed by atoms with Crippen molar-refractivity contribution in [3.05, 3.63) is 81.4 Å². The molecule has 0 aliphatic carbocycles. The number of carbonyl (C=O) groups is 2. The number of nitrogens with one attached hydrogen (secondary N) is 1. The molecule has 4 aromatic rings. The minimum absolute atomic E-state index is 0.220. The minimum Gasteiger partial charge on any atom is -0.481 e. The Morgan fingerprint density at radius 2 is 1.68 bits per heavy atom. The van der Waals surface area contributed by atoms with Crippen molar-refractivity contribution < 1.29 is 19.1 Å². The Bertz CT molecular complexity index is 1830. The highest BCUT2D eigenvalue weighted by atomic mass is 35.5. The highest BCUT2D eigenvalue weighted by Gasteiger charge is 2.30. The van der Waals surface area contributed by atoms with Gasteiger partial charge in [-0.1, -0.05) is 66.0 Å². The van der Waals surface area contributed by atoms with Crippen molar-refractivity contribution in [1.82, 2.24) is 24.3 Å². The first-order chi connectivity index (χ1) is 22.7. The van der Waals surface area contributed by atoms with Crippen molar-refractivity contribution in [2.24, 2.45) is 7.05 Å². The van der Waals surface area contributed by atoms with Gasteiger partial charge < -0.3 is 24.3 Å². The molecule has 0 bridgehead atoms. The fourth-order valence-corrected chi connectivity index (χ4v) is 7.13. The van der Waals surface area contributed by atoms with Gasteiger partial charge in [0.15, 0.2) is 5.82 Å². The summed E-state index contributed by atoms with van der Waals surface area (Å²) in [6.45, 7) is 2.93. The number of imidazole rings is 1. The number of halogens is 2. The highest BCUT2D eigenvalue weighted by molar-refractivity contribution is 6.39. The maximum atomic E-state index is 13.4. The second-order valence-corrected chi connectivity index (χ2v) is 12.8. The van der Waals surface area contributed by atoms with E-state index in [4.69, 9.17) is 37.7 Å². The molecule has 2 aliphatic rings. The van der Waals surface area contributed by atoms with Gasteiger partial charge in [-0.25, -0.2) is 9.97 Å². The number of amides is 1. The van der Waals surface area contributed by atoms with E-state index < -0.39 is 0 Å². The van der Waals surface area contributed by atoms with E-state index in [1.54, 1.807) is 13.2 Å². The first-order valence-corrected chi connectivity index (χ1v) is 16.4. The van der Waals surface area contributed by atoms with Crippen molar-refractivity contribution in [2.75, 3.05) is 39.7 Å². The van der Waals surface area contributed by atoms with Crippen LogP contribution in [0.2, 0.25) is 10.0 Å². The summed E-state index contributed by atoms with van der Waals surface area (Å²) in [7, 11) is 6.93. The Morgan fingerprint density at radius 3 is 2.45 bits per heavy atom. The van der Waals surface area contributed by atoms with Crippen LogP contribution in [0.5, 0.6) is 5.88 Å². The summed E-state index contributed by atoms with van der Waals surface area (Å²) in [6, 6.07) is 14.7. The smallest absolute Gasteiger partial charge is 0.323 e. The highest BCUT2D eigenvalue weighted by Crippen LogP contribution is 2.41. The zero-order chi connectivity index (χ0) is 33.2. The summed E-state index contributed by atoms with van der Waals surface area (Å²) in [4.78, 5) is 39.6. The van der Waals surface area contributed by atoms with E-state index in [-0.39, 0.29) is 17.9 Å². The maximum Gasteiger partial charge on any atom is 0.323 e. The molecular formula is C35H38Cl2N6O4. The first-order valence-electron chi connectivity index (χ1n) is 15.7. The summed E-state index contributed by atoms with van der Waals surface area (Å²) in [5.74, 6) is 0.254. The number of fused-ring (bicyclic) bond motifs is 1. The molecule has 1 amide bonds. The van der Waals surface area contributed by atoms with Crippen molar-refractivity contribution >= 4 is 40.8 Å². The van der Waals surface area contributed by atoms with Gasteiger partial charge in [-0.3, -0.25) is 14.5 Å². The third kappa shape index (κ3) is 6.60. The van der Waals surface area contributed by atoms with E-state index in [2.05, 4.69) is 20.1 Å². The molecule has 47 heavy (non-hydrogen) atoms. The predicted molar refractivity (Wildman–Crippen MR) is 183 cm³/mol. The van der Waals surface area contributed by atoms with Gasteiger partial charge in [0, 0.05) is 61.1 Å². The van der Waals surface area contributed by atoms with Gasteiger partial charge in [0.25, 0.3) is 5.91 Å². The van der Waals surface area contributed by atoms with E-state index in [1.807, 2.05) is 61.1 Å². The van der Waals surface area contributed by atoms with Gasteiger partial charge in [0.2, 0.25) is 5.88 Å². The molecule has 2 aromatic carbocycles. The first kappa shape index (κ1) is 33.0. The molecule has 246 valence electrons. The van der Waals surface area contributed by atoms with E-state index in [0.29, 0.717) is 62.9 Å². The molecule has 12 heteroatoms. The van der Waals surface area contributed by atoms with Crippen molar-refractivity contribution in [3.63, 3.8) is 0 Å². The van der Waals surface area contributed by atoms with E-state index >= 15 is 0 Å². The number of esters is 1. The molecule has 0 radical (unpaired) electrons. The normalized spacial score (nSPS) is 16.9. The number of hydrogen-bond donors (Lipinski definition) is 1. The summed E-state index contributed by atoms with van der Waals surface area (Å²) >= 11 is 14.0. The van der Waals surface area contributed by atoms with Crippen LogP contribution in [0.3, 0.4) is 0 Å². The van der Waals surface area contributed by atoms with Gasteiger partial charge in [0.05, 0.1) is 41.3 Å². The number of likely N-dealkylation sites (N-methyl/N-ethyl adjacent to an activating group) is 1. The van der Waals surface area contributed by atoms with Gasteiger partial charge in [-0.15, -0.1) is 0 Å². The molecule has 10 nitrogen and oxygen atoms in total. The van der Waals surface area contributed by atoms with E-state index in [1.165, 1.54) is 7.11 Å². The molecule has 6 rings (SSSR count). The minimum atomic E-state index is -0.331. The standard InChI is InChI=1S/C35H38Cl2N6O4/c1-41-18-16-28-27(20-41)38-32(42(28)2)33(44)39-26-12-8-10-23(31(26)37)22-9-7-11-24(30(22)36)25-15-14-21(34(40-25)46-3)19-43-17-6-5-13-29(43)35(45)47-4/h7-12,14-15,29H,5-6,13,16-20H2,1-4H3,(H,39,44)/t29-/m0/s1. The van der Waals surface area contributed by atoms with Gasteiger partial charge in [-0.2, -0.15) is 0 Å². The molecule has 0 saturated carbocycles. The number of methoxy groups -OCH3 is 2. The number of aromatic nitrogens is 3. The van der Waals surface area contributed by atoms with Crippen LogP contribution in [0.1, 0.15) is 46.8 Å². The van der Waals surface area contributed by atoms with Gasteiger partial charge in [-0.05, 0) is 38.6 Å². The summed E-state index contributed by atoms with van der Waals surface area (Å²) in [5.41, 5.74) is 6.02. The molecule has 2 aromatic heterocycles. The summed E-state index contributed by atoms with van der Waals surface area (Å²) in [6.07, 6.45) is 3.60.